The zero-order valence-corrected chi connectivity index (χ0v) is 9.02. The number of hydrogen-bond donors (Lipinski definition) is 1. The summed E-state index contributed by atoms with van der Waals surface area (Å²) in [5.41, 5.74) is 0.190. The third-order valence-electron chi connectivity index (χ3n) is 2.01. The molecule has 0 bridgehead atoms. The minimum Gasteiger partial charge on any atom is -0.507 e. The molecule has 2 aromatic rings. The Labute approximate surface area is 95.7 Å². The van der Waals surface area contributed by atoms with E-state index >= 15 is 0 Å². The van der Waals surface area contributed by atoms with Gasteiger partial charge in [0.1, 0.15) is 10.9 Å². The van der Waals surface area contributed by atoms with Gasteiger partial charge in [0.2, 0.25) is 0 Å². The Morgan fingerprint density at radius 1 is 1.44 bits per heavy atom. The molecule has 0 aliphatic carbocycles. The van der Waals surface area contributed by atoms with Gasteiger partial charge in [-0.3, -0.25) is 0 Å². The van der Waals surface area contributed by atoms with Gasteiger partial charge in [0.25, 0.3) is 0 Å². The van der Waals surface area contributed by atoms with Crippen LogP contribution >= 0.6 is 11.6 Å². The smallest absolute Gasteiger partial charge is 0.356 e. The fourth-order valence-corrected chi connectivity index (χ4v) is 1.42. The number of aromatic nitrogens is 2. The number of carbonyl (C=O) groups is 1. The number of ether oxygens (including phenoxy) is 1. The summed E-state index contributed by atoms with van der Waals surface area (Å²) >= 11 is 5.69. The highest BCUT2D eigenvalue weighted by Gasteiger charge is 2.12. The van der Waals surface area contributed by atoms with Gasteiger partial charge >= 0.3 is 5.97 Å². The molecule has 0 saturated heterocycles. The van der Waals surface area contributed by atoms with E-state index in [0.29, 0.717) is 5.39 Å². The molecule has 1 N–H and O–H groups in total. The van der Waals surface area contributed by atoms with Gasteiger partial charge in [-0.1, -0.05) is 11.6 Å². The lowest BCUT2D eigenvalue weighted by atomic mass is 10.2. The molecule has 5 nitrogen and oxygen atoms in total. The molecule has 82 valence electrons. The molecule has 0 spiro atoms. The lowest BCUT2D eigenvalue weighted by Gasteiger charge is -2.03. The average Bonchev–Trinajstić information content (AvgIpc) is 2.27. The maximum absolute atomic E-state index is 11.2. The summed E-state index contributed by atoms with van der Waals surface area (Å²) in [6, 6.07) is 4.33. The minimum atomic E-state index is -0.640. The van der Waals surface area contributed by atoms with E-state index in [4.69, 9.17) is 11.6 Å². The third-order valence-corrected chi connectivity index (χ3v) is 2.22. The van der Waals surface area contributed by atoms with Gasteiger partial charge in [-0.05, 0) is 12.1 Å². The van der Waals surface area contributed by atoms with Crippen LogP contribution in [-0.4, -0.2) is 28.2 Å². The first kappa shape index (κ1) is 10.6. The molecule has 0 radical (unpaired) electrons. The lowest BCUT2D eigenvalue weighted by molar-refractivity contribution is 0.0594. The predicted octanol–water partition coefficient (Wildman–Crippen LogP) is 1.78. The number of hydrogen-bond acceptors (Lipinski definition) is 5. The molecule has 0 unspecified atom stereocenters. The van der Waals surface area contributed by atoms with Gasteiger partial charge in [0.15, 0.2) is 11.3 Å². The summed E-state index contributed by atoms with van der Waals surface area (Å²) in [6.45, 7) is 0. The summed E-state index contributed by atoms with van der Waals surface area (Å²) in [5, 5.41) is 10.3. The zero-order chi connectivity index (χ0) is 11.7. The van der Waals surface area contributed by atoms with Crippen LogP contribution < -0.4 is 0 Å². The van der Waals surface area contributed by atoms with Crippen LogP contribution in [0.5, 0.6) is 5.75 Å². The Bertz CT molecular complexity index is 571. The van der Waals surface area contributed by atoms with Gasteiger partial charge in [0.05, 0.1) is 12.5 Å². The van der Waals surface area contributed by atoms with Crippen LogP contribution in [0, 0.1) is 0 Å². The van der Waals surface area contributed by atoms with Crippen LogP contribution in [-0.2, 0) is 4.74 Å². The molecule has 6 heteroatoms. The number of methoxy groups -OCH3 is 1. The Morgan fingerprint density at radius 3 is 2.88 bits per heavy atom. The van der Waals surface area contributed by atoms with E-state index in [1.165, 1.54) is 19.2 Å². The second-order valence-electron chi connectivity index (χ2n) is 3.02. The SMILES string of the molecule is COC(=O)c1cc(O)c2ccc(Cl)nc2n1. The van der Waals surface area contributed by atoms with Crippen LogP contribution in [0.4, 0.5) is 0 Å². The summed E-state index contributed by atoms with van der Waals surface area (Å²) in [4.78, 5) is 19.1. The van der Waals surface area contributed by atoms with E-state index in [2.05, 4.69) is 14.7 Å². The molecule has 2 heterocycles. The first-order chi connectivity index (χ1) is 7.61. The number of rotatable bonds is 1. The van der Waals surface area contributed by atoms with E-state index in [1.54, 1.807) is 6.07 Å². The van der Waals surface area contributed by atoms with E-state index in [0.717, 1.165) is 0 Å². The number of fused-ring (bicyclic) bond motifs is 1. The third kappa shape index (κ3) is 1.77. The molecule has 2 rings (SSSR count). The van der Waals surface area contributed by atoms with Crippen molar-refractivity contribution in [3.63, 3.8) is 0 Å². The van der Waals surface area contributed by atoms with Gasteiger partial charge in [-0.25, -0.2) is 14.8 Å². The first-order valence-corrected chi connectivity index (χ1v) is 4.74. The van der Waals surface area contributed by atoms with E-state index in [9.17, 15) is 9.90 Å². The molecule has 0 aliphatic rings. The van der Waals surface area contributed by atoms with Crippen molar-refractivity contribution in [2.75, 3.05) is 7.11 Å². The van der Waals surface area contributed by atoms with Crippen molar-refractivity contribution < 1.29 is 14.6 Å². The van der Waals surface area contributed by atoms with E-state index < -0.39 is 5.97 Å². The first-order valence-electron chi connectivity index (χ1n) is 4.36. The van der Waals surface area contributed by atoms with Crippen LogP contribution in [0.15, 0.2) is 18.2 Å². The Balaban J connectivity index is 2.69. The minimum absolute atomic E-state index is 0.0118. The van der Waals surface area contributed by atoms with Crippen molar-refractivity contribution in [3.05, 3.63) is 29.0 Å². The predicted molar refractivity (Wildman–Crippen MR) is 57.6 cm³/mol. The van der Waals surface area contributed by atoms with Crippen molar-refractivity contribution in [1.29, 1.82) is 0 Å². The van der Waals surface area contributed by atoms with Crippen LogP contribution in [0.1, 0.15) is 10.5 Å². The highest BCUT2D eigenvalue weighted by atomic mass is 35.5. The van der Waals surface area contributed by atoms with Crippen molar-refractivity contribution in [1.82, 2.24) is 9.97 Å². The average molecular weight is 239 g/mol. The van der Waals surface area contributed by atoms with Gasteiger partial charge < -0.3 is 9.84 Å². The van der Waals surface area contributed by atoms with Crippen LogP contribution in [0.2, 0.25) is 5.15 Å². The molecule has 0 atom stereocenters. The van der Waals surface area contributed by atoms with E-state index in [-0.39, 0.29) is 22.2 Å². The van der Waals surface area contributed by atoms with E-state index in [1.807, 2.05) is 0 Å². The molecule has 16 heavy (non-hydrogen) atoms. The number of halogens is 1. The summed E-state index contributed by atoms with van der Waals surface area (Å²) in [7, 11) is 1.23. The summed E-state index contributed by atoms with van der Waals surface area (Å²) in [6.07, 6.45) is 0. The Morgan fingerprint density at radius 2 is 2.19 bits per heavy atom. The number of carbonyl (C=O) groups excluding carboxylic acids is 1. The number of nitrogens with zero attached hydrogens (tertiary/aromatic N) is 2. The largest absolute Gasteiger partial charge is 0.507 e. The normalized spacial score (nSPS) is 10.4. The van der Waals surface area contributed by atoms with Gasteiger partial charge in [-0.15, -0.1) is 0 Å². The van der Waals surface area contributed by atoms with Crippen LogP contribution in [0.3, 0.4) is 0 Å². The molecular weight excluding hydrogens is 232 g/mol. The summed E-state index contributed by atoms with van der Waals surface area (Å²) < 4.78 is 4.50. The topological polar surface area (TPSA) is 72.3 Å². The molecule has 0 amide bonds. The fraction of sp³-hybridized carbons (Fsp3) is 0.100. The molecule has 0 aliphatic heterocycles. The monoisotopic (exact) mass is 238 g/mol. The molecule has 0 fully saturated rings. The molecule has 2 aromatic heterocycles. The maximum Gasteiger partial charge on any atom is 0.356 e. The number of aromatic hydroxyl groups is 1. The highest BCUT2D eigenvalue weighted by molar-refractivity contribution is 6.29. The highest BCUT2D eigenvalue weighted by Crippen LogP contribution is 2.24. The molecule has 0 aromatic carbocycles. The van der Waals surface area contributed by atoms with Gasteiger partial charge in [0, 0.05) is 6.07 Å². The molecule has 0 saturated carbocycles. The zero-order valence-electron chi connectivity index (χ0n) is 8.27. The van der Waals surface area contributed by atoms with Gasteiger partial charge in [-0.2, -0.15) is 0 Å². The lowest BCUT2D eigenvalue weighted by Crippen LogP contribution is -2.04. The quantitative estimate of drug-likeness (QED) is 0.606. The Kier molecular flexibility index (Phi) is 2.62. The van der Waals surface area contributed by atoms with Crippen LogP contribution in [0.25, 0.3) is 11.0 Å². The summed E-state index contributed by atoms with van der Waals surface area (Å²) in [5.74, 6) is -0.728. The molecular formula is C10H7ClN2O3. The second kappa shape index (κ2) is 3.94. The van der Waals surface area contributed by atoms with Crippen molar-refractivity contribution >= 4 is 28.6 Å². The van der Waals surface area contributed by atoms with Crippen molar-refractivity contribution in [2.45, 2.75) is 0 Å². The maximum atomic E-state index is 11.2. The fourth-order valence-electron chi connectivity index (χ4n) is 1.27. The Hall–Kier alpha value is -1.88. The second-order valence-corrected chi connectivity index (χ2v) is 3.41. The number of esters is 1. The van der Waals surface area contributed by atoms with Crippen molar-refractivity contribution in [3.8, 4) is 5.75 Å². The standard InChI is InChI=1S/C10H7ClN2O3/c1-16-10(15)6-4-7(14)5-2-3-8(11)13-9(5)12-6/h2-4H,1H3,(H,12,13,14). The van der Waals surface area contributed by atoms with Crippen molar-refractivity contribution in [2.24, 2.45) is 0 Å². The number of pyridine rings is 2.